The summed E-state index contributed by atoms with van der Waals surface area (Å²) < 4.78 is 0. The van der Waals surface area contributed by atoms with E-state index in [0.29, 0.717) is 26.9 Å². The predicted octanol–water partition coefficient (Wildman–Crippen LogP) is 12.1. The Labute approximate surface area is 384 Å². The molecule has 0 spiro atoms. The van der Waals surface area contributed by atoms with E-state index in [-0.39, 0.29) is 59.7 Å². The molecular formula is C42H32Cl6N8O6. The number of amides is 4. The standard InChI is InChI=1S/C42H32Cl6N8O6/c1-19-9-29(49-41(61)37(21(3)57)55-53-30-13-23(11-27(45)15-30)39(59)50-34-17-25(43)5-7-32(34)47)10-20(2)36(19)52-42(62)38(22(4)58)56-54-31-14-24(12-28(46)16-31)40(60)51-35-18-26(44)6-8-33(35)48/h5-18,37-38H,1-4H3,(H,49,61)(H,50,59)(H,51,60)(H,52,62). The second-order valence-electron chi connectivity index (χ2n) is 13.5. The van der Waals surface area contributed by atoms with Crippen LogP contribution in [-0.4, -0.2) is 47.3 Å². The highest BCUT2D eigenvalue weighted by atomic mass is 35.5. The van der Waals surface area contributed by atoms with Gasteiger partial charge in [-0.25, -0.2) is 0 Å². The van der Waals surface area contributed by atoms with Gasteiger partial charge in [0.25, 0.3) is 23.6 Å². The number of carbonyl (C=O) groups excluding carboxylic acids is 6. The number of rotatable bonds is 14. The maximum Gasteiger partial charge on any atom is 0.258 e. The number of ketones is 2. The first-order chi connectivity index (χ1) is 29.3. The van der Waals surface area contributed by atoms with E-state index in [1.165, 1.54) is 72.8 Å². The molecule has 0 heterocycles. The predicted molar refractivity (Wildman–Crippen MR) is 243 cm³/mol. The molecule has 2 unspecified atom stereocenters. The van der Waals surface area contributed by atoms with E-state index < -0.39 is 47.3 Å². The molecule has 4 amide bonds. The average molecular weight is 957 g/mol. The Morgan fingerprint density at radius 2 is 0.887 bits per heavy atom. The molecule has 0 saturated heterocycles. The van der Waals surface area contributed by atoms with Crippen molar-refractivity contribution in [2.24, 2.45) is 20.5 Å². The fourth-order valence-corrected chi connectivity index (χ4v) is 6.75. The summed E-state index contributed by atoms with van der Waals surface area (Å²) in [5, 5.41) is 28.0. The highest BCUT2D eigenvalue weighted by Crippen LogP contribution is 2.31. The molecule has 5 aromatic rings. The van der Waals surface area contributed by atoms with Crippen LogP contribution in [-0.2, 0) is 19.2 Å². The van der Waals surface area contributed by atoms with Gasteiger partial charge in [-0.1, -0.05) is 69.6 Å². The van der Waals surface area contributed by atoms with E-state index in [9.17, 15) is 28.8 Å². The summed E-state index contributed by atoms with van der Waals surface area (Å²) in [6.07, 6.45) is 0. The molecule has 5 rings (SSSR count). The molecule has 0 aliphatic heterocycles. The molecule has 0 aliphatic carbocycles. The number of anilines is 4. The van der Waals surface area contributed by atoms with Gasteiger partial charge in [-0.2, -0.15) is 20.5 Å². The van der Waals surface area contributed by atoms with E-state index in [1.807, 2.05) is 0 Å². The van der Waals surface area contributed by atoms with Gasteiger partial charge in [0.15, 0.2) is 11.6 Å². The Morgan fingerprint density at radius 1 is 0.484 bits per heavy atom. The van der Waals surface area contributed by atoms with Crippen LogP contribution in [0.2, 0.25) is 30.1 Å². The first-order valence-electron chi connectivity index (χ1n) is 18.0. The molecule has 4 N–H and O–H groups in total. The maximum absolute atomic E-state index is 13.4. The van der Waals surface area contributed by atoms with Crippen molar-refractivity contribution in [2.45, 2.75) is 39.8 Å². The van der Waals surface area contributed by atoms with E-state index >= 15 is 0 Å². The second kappa shape index (κ2) is 20.9. The number of aryl methyl sites for hydroxylation is 2. The maximum atomic E-state index is 13.4. The quantitative estimate of drug-likeness (QED) is 0.0630. The van der Waals surface area contributed by atoms with Crippen LogP contribution in [0.1, 0.15) is 45.7 Å². The molecule has 0 aliphatic rings. The summed E-state index contributed by atoms with van der Waals surface area (Å²) in [5.74, 6) is -4.07. The number of azo groups is 2. The molecule has 0 aromatic heterocycles. The van der Waals surface area contributed by atoms with Gasteiger partial charge in [-0.05, 0) is 124 Å². The van der Waals surface area contributed by atoms with Gasteiger partial charge < -0.3 is 21.3 Å². The van der Waals surface area contributed by atoms with Crippen molar-refractivity contribution in [3.63, 3.8) is 0 Å². The van der Waals surface area contributed by atoms with Gasteiger partial charge in [-0.15, -0.1) is 0 Å². The van der Waals surface area contributed by atoms with Crippen molar-refractivity contribution in [3.05, 3.63) is 137 Å². The lowest BCUT2D eigenvalue weighted by Gasteiger charge is -2.17. The third kappa shape index (κ3) is 12.7. The largest absolute Gasteiger partial charge is 0.324 e. The van der Waals surface area contributed by atoms with E-state index in [4.69, 9.17) is 69.6 Å². The van der Waals surface area contributed by atoms with E-state index in [1.54, 1.807) is 26.0 Å². The number of halogens is 6. The van der Waals surface area contributed by atoms with Crippen LogP contribution in [0.15, 0.2) is 105 Å². The summed E-state index contributed by atoms with van der Waals surface area (Å²) in [7, 11) is 0. The number of benzene rings is 5. The monoisotopic (exact) mass is 954 g/mol. The molecule has 0 fully saturated rings. The van der Waals surface area contributed by atoms with E-state index in [0.717, 1.165) is 13.8 Å². The number of nitrogens with one attached hydrogen (secondary N) is 4. The van der Waals surface area contributed by atoms with Crippen molar-refractivity contribution in [1.29, 1.82) is 0 Å². The minimum atomic E-state index is -1.59. The smallest absolute Gasteiger partial charge is 0.258 e. The molecule has 2 atom stereocenters. The van der Waals surface area contributed by atoms with Gasteiger partial charge in [0.05, 0.1) is 32.8 Å². The number of Topliss-reactive ketones (excluding diaryl/α,β-unsaturated/α-hetero) is 2. The minimum Gasteiger partial charge on any atom is -0.324 e. The van der Waals surface area contributed by atoms with Crippen molar-refractivity contribution >= 4 is 139 Å². The van der Waals surface area contributed by atoms with Crippen LogP contribution in [0.5, 0.6) is 0 Å². The summed E-state index contributed by atoms with van der Waals surface area (Å²) >= 11 is 36.9. The SMILES string of the molecule is CC(=O)C(N=Nc1cc(Cl)cc(C(=O)Nc2cc(Cl)ccc2Cl)c1)C(=O)Nc1cc(C)c(NC(=O)C(N=Nc2cc(Cl)cc(C(=O)Nc3cc(Cl)ccc3Cl)c2)C(C)=O)c(C)c1. The van der Waals surface area contributed by atoms with Gasteiger partial charge in [0.2, 0.25) is 12.1 Å². The van der Waals surface area contributed by atoms with Gasteiger partial charge in [0.1, 0.15) is 0 Å². The third-order valence-electron chi connectivity index (χ3n) is 8.54. The average Bonchev–Trinajstić information content (AvgIpc) is 3.18. The molecule has 5 aromatic carbocycles. The summed E-state index contributed by atoms with van der Waals surface area (Å²) in [4.78, 5) is 77.9. The first-order valence-corrected chi connectivity index (χ1v) is 20.2. The van der Waals surface area contributed by atoms with Crippen molar-refractivity contribution in [2.75, 3.05) is 21.3 Å². The normalized spacial score (nSPS) is 12.2. The van der Waals surface area contributed by atoms with Crippen molar-refractivity contribution in [1.82, 2.24) is 0 Å². The lowest BCUT2D eigenvalue weighted by Crippen LogP contribution is -2.33. The second-order valence-corrected chi connectivity index (χ2v) is 16.0. The van der Waals surface area contributed by atoms with Crippen LogP contribution < -0.4 is 21.3 Å². The van der Waals surface area contributed by atoms with Gasteiger partial charge in [-0.3, -0.25) is 28.8 Å². The van der Waals surface area contributed by atoms with Crippen LogP contribution in [0.3, 0.4) is 0 Å². The summed E-state index contributed by atoms with van der Waals surface area (Å²) in [5.41, 5.74) is 2.38. The van der Waals surface area contributed by atoms with Crippen LogP contribution >= 0.6 is 69.6 Å². The number of carbonyl (C=O) groups is 6. The summed E-state index contributed by atoms with van der Waals surface area (Å²) in [6, 6.07) is 17.2. The van der Waals surface area contributed by atoms with Crippen LogP contribution in [0, 0.1) is 13.8 Å². The first kappa shape index (κ1) is 47.3. The third-order valence-corrected chi connectivity index (χ3v) is 10.1. The van der Waals surface area contributed by atoms with Crippen molar-refractivity contribution < 1.29 is 28.8 Å². The molecule has 0 bridgehead atoms. The molecule has 318 valence electrons. The Kier molecular flexibility index (Phi) is 15.9. The Morgan fingerprint density at radius 3 is 1.29 bits per heavy atom. The zero-order valence-electron chi connectivity index (χ0n) is 32.7. The molecule has 20 heteroatoms. The van der Waals surface area contributed by atoms with Crippen LogP contribution in [0.25, 0.3) is 0 Å². The topological polar surface area (TPSA) is 200 Å². The van der Waals surface area contributed by atoms with Gasteiger partial charge >= 0.3 is 0 Å². The molecule has 0 saturated carbocycles. The highest BCUT2D eigenvalue weighted by molar-refractivity contribution is 6.37. The number of hydrogen-bond donors (Lipinski definition) is 4. The number of hydrogen-bond acceptors (Lipinski definition) is 10. The van der Waals surface area contributed by atoms with Gasteiger partial charge in [0, 0.05) is 42.6 Å². The number of nitrogens with zero attached hydrogens (tertiary/aromatic N) is 4. The molecule has 0 radical (unpaired) electrons. The molecule has 62 heavy (non-hydrogen) atoms. The fraction of sp³-hybridized carbons (Fsp3) is 0.143. The molecular weight excluding hydrogens is 925 g/mol. The zero-order valence-corrected chi connectivity index (χ0v) is 37.3. The zero-order chi connectivity index (χ0) is 45.4. The lowest BCUT2D eigenvalue weighted by atomic mass is 10.1. The Bertz CT molecular complexity index is 2690. The fourth-order valence-electron chi connectivity index (χ4n) is 5.62. The molecule has 14 nitrogen and oxygen atoms in total. The Balaban J connectivity index is 1.27. The minimum absolute atomic E-state index is 0.0782. The summed E-state index contributed by atoms with van der Waals surface area (Å²) in [6.45, 7) is 5.62. The lowest BCUT2D eigenvalue weighted by molar-refractivity contribution is -0.127. The Hall–Kier alpha value is -5.74. The van der Waals surface area contributed by atoms with Crippen molar-refractivity contribution in [3.8, 4) is 0 Å². The van der Waals surface area contributed by atoms with Crippen LogP contribution in [0.4, 0.5) is 34.1 Å². The van der Waals surface area contributed by atoms with E-state index in [2.05, 4.69) is 41.7 Å². The highest BCUT2D eigenvalue weighted by Gasteiger charge is 2.26.